The molecule has 0 spiro atoms. The van der Waals surface area contributed by atoms with Crippen LogP contribution in [0, 0.1) is 0 Å². The lowest BCUT2D eigenvalue weighted by Crippen LogP contribution is -2.03. The number of furan rings is 1. The van der Waals surface area contributed by atoms with Crippen molar-refractivity contribution < 1.29 is 23.4 Å². The summed E-state index contributed by atoms with van der Waals surface area (Å²) in [6.07, 6.45) is 5.04. The topological polar surface area (TPSA) is 73.7 Å². The van der Waals surface area contributed by atoms with Crippen LogP contribution in [0.1, 0.15) is 15.9 Å². The second-order valence-electron chi connectivity index (χ2n) is 6.22. The van der Waals surface area contributed by atoms with Gasteiger partial charge in [-0.2, -0.15) is 0 Å². The molecule has 2 aromatic heterocycles. The molecule has 0 atom stereocenters. The first-order chi connectivity index (χ1) is 13.7. The van der Waals surface area contributed by atoms with Crippen LogP contribution in [-0.4, -0.2) is 32.1 Å². The van der Waals surface area contributed by atoms with E-state index in [1.165, 1.54) is 21.3 Å². The quantitative estimate of drug-likeness (QED) is 0.494. The molecule has 28 heavy (non-hydrogen) atoms. The van der Waals surface area contributed by atoms with E-state index in [2.05, 4.69) is 4.98 Å². The summed E-state index contributed by atoms with van der Waals surface area (Å²) in [7, 11) is 4.57. The largest absolute Gasteiger partial charge is 0.493 e. The van der Waals surface area contributed by atoms with E-state index in [1.807, 2.05) is 24.3 Å². The number of fused-ring (bicyclic) bond motifs is 1. The molecule has 0 radical (unpaired) electrons. The Balaban J connectivity index is 1.77. The van der Waals surface area contributed by atoms with Crippen LogP contribution in [0.5, 0.6) is 17.2 Å². The van der Waals surface area contributed by atoms with Gasteiger partial charge < -0.3 is 23.6 Å². The Morgan fingerprint density at radius 2 is 1.68 bits per heavy atom. The SMILES string of the molecule is COc1cc(C(=O)c2c[nH]c3cc(-c4ccoc4)ccc23)cc(OC)c1OC. The van der Waals surface area contributed by atoms with Gasteiger partial charge in [-0.25, -0.2) is 0 Å². The zero-order chi connectivity index (χ0) is 19.7. The lowest BCUT2D eigenvalue weighted by atomic mass is 10.00. The number of ether oxygens (including phenoxy) is 3. The lowest BCUT2D eigenvalue weighted by Gasteiger charge is -2.13. The van der Waals surface area contributed by atoms with Crippen LogP contribution in [-0.2, 0) is 0 Å². The zero-order valence-electron chi connectivity index (χ0n) is 15.7. The summed E-state index contributed by atoms with van der Waals surface area (Å²) >= 11 is 0. The molecule has 0 aliphatic carbocycles. The fraction of sp³-hybridized carbons (Fsp3) is 0.136. The Morgan fingerprint density at radius 1 is 0.929 bits per heavy atom. The van der Waals surface area contributed by atoms with Crippen molar-refractivity contribution >= 4 is 16.7 Å². The van der Waals surface area contributed by atoms with Crippen molar-refractivity contribution in [2.75, 3.05) is 21.3 Å². The summed E-state index contributed by atoms with van der Waals surface area (Å²) in [5.74, 6) is 1.19. The van der Waals surface area contributed by atoms with Crippen molar-refractivity contribution in [2.24, 2.45) is 0 Å². The van der Waals surface area contributed by atoms with Gasteiger partial charge in [-0.05, 0) is 29.8 Å². The van der Waals surface area contributed by atoms with Crippen LogP contribution in [0.3, 0.4) is 0 Å². The van der Waals surface area contributed by atoms with E-state index < -0.39 is 0 Å². The molecule has 4 aromatic rings. The van der Waals surface area contributed by atoms with Crippen molar-refractivity contribution in [1.29, 1.82) is 0 Å². The smallest absolute Gasteiger partial charge is 0.203 e. The average Bonchev–Trinajstić information content (AvgIpc) is 3.41. The molecule has 4 rings (SSSR count). The monoisotopic (exact) mass is 377 g/mol. The first-order valence-corrected chi connectivity index (χ1v) is 8.64. The van der Waals surface area contributed by atoms with Gasteiger partial charge in [0.1, 0.15) is 0 Å². The minimum Gasteiger partial charge on any atom is -0.493 e. The predicted molar refractivity (Wildman–Crippen MR) is 106 cm³/mol. The summed E-state index contributed by atoms with van der Waals surface area (Å²) in [5.41, 5.74) is 3.88. The van der Waals surface area contributed by atoms with Gasteiger partial charge >= 0.3 is 0 Å². The first kappa shape index (κ1) is 17.7. The lowest BCUT2D eigenvalue weighted by molar-refractivity contribution is 0.103. The molecule has 0 aliphatic rings. The number of H-pyrrole nitrogens is 1. The molecule has 2 heterocycles. The van der Waals surface area contributed by atoms with Crippen molar-refractivity contribution in [3.05, 3.63) is 66.2 Å². The van der Waals surface area contributed by atoms with E-state index in [4.69, 9.17) is 18.6 Å². The molecule has 0 amide bonds. The van der Waals surface area contributed by atoms with Crippen LogP contribution in [0.4, 0.5) is 0 Å². The fourth-order valence-corrected chi connectivity index (χ4v) is 3.29. The summed E-state index contributed by atoms with van der Waals surface area (Å²) in [5, 5.41) is 0.839. The molecule has 0 aliphatic heterocycles. The molecular formula is C22H19NO5. The highest BCUT2D eigenvalue weighted by molar-refractivity contribution is 6.17. The Bertz CT molecular complexity index is 1120. The summed E-state index contributed by atoms with van der Waals surface area (Å²) in [6, 6.07) is 11.1. The third kappa shape index (κ3) is 2.89. The van der Waals surface area contributed by atoms with Crippen molar-refractivity contribution in [3.63, 3.8) is 0 Å². The molecule has 6 heteroatoms. The second-order valence-corrected chi connectivity index (χ2v) is 6.22. The van der Waals surface area contributed by atoms with Crippen molar-refractivity contribution in [2.45, 2.75) is 0 Å². The second kappa shape index (κ2) is 7.15. The van der Waals surface area contributed by atoms with Gasteiger partial charge in [-0.15, -0.1) is 0 Å². The Labute approximate surface area is 161 Å². The Hall–Kier alpha value is -3.67. The number of carbonyl (C=O) groups is 1. The maximum Gasteiger partial charge on any atom is 0.203 e. The van der Waals surface area contributed by atoms with Crippen molar-refractivity contribution in [1.82, 2.24) is 4.98 Å². The Morgan fingerprint density at radius 3 is 2.29 bits per heavy atom. The number of hydrogen-bond acceptors (Lipinski definition) is 5. The number of nitrogens with one attached hydrogen (secondary N) is 1. The predicted octanol–water partition coefficient (Wildman–Crippen LogP) is 4.68. The maximum atomic E-state index is 13.2. The molecule has 0 bridgehead atoms. The van der Waals surface area contributed by atoms with Gasteiger partial charge in [0, 0.05) is 33.8 Å². The third-order valence-corrected chi connectivity index (χ3v) is 4.71. The van der Waals surface area contributed by atoms with E-state index in [-0.39, 0.29) is 5.78 Å². The molecule has 0 saturated heterocycles. The van der Waals surface area contributed by atoms with Gasteiger partial charge in [0.05, 0.1) is 33.9 Å². The van der Waals surface area contributed by atoms with Crippen LogP contribution in [0.15, 0.2) is 59.5 Å². The molecule has 6 nitrogen and oxygen atoms in total. The Kier molecular flexibility index (Phi) is 4.53. The average molecular weight is 377 g/mol. The van der Waals surface area contributed by atoms with Crippen molar-refractivity contribution in [3.8, 4) is 28.4 Å². The molecule has 0 saturated carbocycles. The minimum absolute atomic E-state index is 0.137. The highest BCUT2D eigenvalue weighted by Gasteiger charge is 2.20. The number of benzene rings is 2. The summed E-state index contributed by atoms with van der Waals surface area (Å²) < 4.78 is 21.2. The summed E-state index contributed by atoms with van der Waals surface area (Å²) in [6.45, 7) is 0. The van der Waals surface area contributed by atoms with E-state index in [0.717, 1.165) is 22.0 Å². The van der Waals surface area contributed by atoms with E-state index in [0.29, 0.717) is 28.4 Å². The van der Waals surface area contributed by atoms with E-state index in [1.54, 1.807) is 30.9 Å². The maximum absolute atomic E-state index is 13.2. The number of carbonyl (C=O) groups excluding carboxylic acids is 1. The molecule has 1 N–H and O–H groups in total. The number of aromatic amines is 1. The third-order valence-electron chi connectivity index (χ3n) is 4.71. The standard InChI is InChI=1S/C22H19NO5/c1-25-19-9-15(10-20(26-2)22(19)27-3)21(24)17-11-23-18-8-13(4-5-16(17)18)14-6-7-28-12-14/h4-12,23H,1-3H3. The molecule has 0 fully saturated rings. The zero-order valence-corrected chi connectivity index (χ0v) is 15.7. The van der Waals surface area contributed by atoms with Crippen LogP contribution in [0.2, 0.25) is 0 Å². The van der Waals surface area contributed by atoms with Gasteiger partial charge in [0.2, 0.25) is 5.75 Å². The fourth-order valence-electron chi connectivity index (χ4n) is 3.29. The molecule has 142 valence electrons. The molecular weight excluding hydrogens is 358 g/mol. The molecule has 0 unspecified atom stereocenters. The highest BCUT2D eigenvalue weighted by Crippen LogP contribution is 2.39. The van der Waals surface area contributed by atoms with Crippen LogP contribution >= 0.6 is 0 Å². The van der Waals surface area contributed by atoms with E-state index >= 15 is 0 Å². The number of aromatic nitrogens is 1. The van der Waals surface area contributed by atoms with Gasteiger partial charge in [-0.1, -0.05) is 12.1 Å². The van der Waals surface area contributed by atoms with Gasteiger partial charge in [0.15, 0.2) is 17.3 Å². The molecule has 2 aromatic carbocycles. The van der Waals surface area contributed by atoms with E-state index in [9.17, 15) is 4.79 Å². The first-order valence-electron chi connectivity index (χ1n) is 8.64. The highest BCUT2D eigenvalue weighted by atomic mass is 16.5. The van der Waals surface area contributed by atoms with Crippen LogP contribution in [0.25, 0.3) is 22.0 Å². The minimum atomic E-state index is -0.137. The number of hydrogen-bond donors (Lipinski definition) is 1. The van der Waals surface area contributed by atoms with Gasteiger partial charge in [-0.3, -0.25) is 4.79 Å². The normalized spacial score (nSPS) is 10.8. The number of ketones is 1. The number of methoxy groups -OCH3 is 3. The van der Waals surface area contributed by atoms with Gasteiger partial charge in [0.25, 0.3) is 0 Å². The number of rotatable bonds is 6. The van der Waals surface area contributed by atoms with Crippen LogP contribution < -0.4 is 14.2 Å². The summed E-state index contributed by atoms with van der Waals surface area (Å²) in [4.78, 5) is 16.4.